The fraction of sp³-hybridized carbons (Fsp3) is 0.300. The van der Waals surface area contributed by atoms with Gasteiger partial charge in [0.25, 0.3) is 0 Å². The lowest BCUT2D eigenvalue weighted by Gasteiger charge is -2.15. The van der Waals surface area contributed by atoms with Gasteiger partial charge in [0, 0.05) is 12.5 Å². The summed E-state index contributed by atoms with van der Waals surface area (Å²) in [7, 11) is 0. The third-order valence-electron chi connectivity index (χ3n) is 4.46. The largest absolute Gasteiger partial charge is 0.323 e. The molecule has 3 aromatic rings. The molecule has 0 saturated heterocycles. The number of nitriles is 1. The zero-order valence-electron chi connectivity index (χ0n) is 13.7. The maximum absolute atomic E-state index is 8.94. The van der Waals surface area contributed by atoms with E-state index in [0.717, 1.165) is 24.9 Å². The lowest BCUT2D eigenvalue weighted by molar-refractivity contribution is 0.570. The second-order valence-corrected chi connectivity index (χ2v) is 5.87. The summed E-state index contributed by atoms with van der Waals surface area (Å²) in [6, 6.07) is 18.3. The van der Waals surface area contributed by atoms with Crippen LogP contribution < -0.4 is 0 Å². The minimum Gasteiger partial charge on any atom is -0.323 e. The van der Waals surface area contributed by atoms with E-state index in [1.165, 1.54) is 16.9 Å². The standard InChI is InChI=1S/C20H21N3/c1-3-17(4-2)20-22-18-7-5-6-8-19(18)23(20)14-16-11-9-15(13-21)10-12-16/h5-12,17H,3-4,14H2,1-2H3. The first-order valence-corrected chi connectivity index (χ1v) is 8.21. The highest BCUT2D eigenvalue weighted by atomic mass is 15.1. The molecule has 0 aliphatic heterocycles. The SMILES string of the molecule is CCC(CC)c1nc2ccccc2n1Cc1ccc(C#N)cc1. The number of imidazole rings is 1. The molecule has 0 fully saturated rings. The van der Waals surface area contributed by atoms with E-state index in [0.29, 0.717) is 11.5 Å². The van der Waals surface area contributed by atoms with Crippen molar-refractivity contribution in [3.63, 3.8) is 0 Å². The molecule has 3 heteroatoms. The van der Waals surface area contributed by atoms with Gasteiger partial charge >= 0.3 is 0 Å². The molecule has 0 saturated carbocycles. The number of para-hydroxylation sites is 2. The number of rotatable bonds is 5. The van der Waals surface area contributed by atoms with E-state index in [-0.39, 0.29) is 0 Å². The molecule has 0 aliphatic carbocycles. The average Bonchev–Trinajstić information content (AvgIpc) is 2.95. The van der Waals surface area contributed by atoms with Crippen molar-refractivity contribution in [3.05, 3.63) is 65.5 Å². The van der Waals surface area contributed by atoms with Gasteiger partial charge in [-0.05, 0) is 42.7 Å². The molecule has 0 aliphatic rings. The second kappa shape index (κ2) is 6.66. The van der Waals surface area contributed by atoms with Crippen LogP contribution in [0.4, 0.5) is 0 Å². The summed E-state index contributed by atoms with van der Waals surface area (Å²) in [5.74, 6) is 1.64. The van der Waals surface area contributed by atoms with Crippen LogP contribution in [0.25, 0.3) is 11.0 Å². The van der Waals surface area contributed by atoms with Gasteiger partial charge in [-0.25, -0.2) is 4.98 Å². The molecular formula is C20H21N3. The average molecular weight is 303 g/mol. The summed E-state index contributed by atoms with van der Waals surface area (Å²) in [5.41, 5.74) is 4.13. The molecule has 0 atom stereocenters. The minimum atomic E-state index is 0.473. The van der Waals surface area contributed by atoms with Crippen LogP contribution in [-0.2, 0) is 6.54 Å². The van der Waals surface area contributed by atoms with Gasteiger partial charge in [0.05, 0.1) is 22.7 Å². The van der Waals surface area contributed by atoms with E-state index in [1.807, 2.05) is 30.3 Å². The van der Waals surface area contributed by atoms with Crippen LogP contribution >= 0.6 is 0 Å². The highest BCUT2D eigenvalue weighted by Gasteiger charge is 2.17. The molecule has 0 N–H and O–H groups in total. The molecule has 0 amide bonds. The van der Waals surface area contributed by atoms with Crippen molar-refractivity contribution >= 4 is 11.0 Å². The predicted octanol–water partition coefficient (Wildman–Crippen LogP) is 4.86. The summed E-state index contributed by atoms with van der Waals surface area (Å²) < 4.78 is 2.33. The smallest absolute Gasteiger partial charge is 0.113 e. The van der Waals surface area contributed by atoms with Crippen LogP contribution in [0.15, 0.2) is 48.5 Å². The Balaban J connectivity index is 2.06. The van der Waals surface area contributed by atoms with E-state index >= 15 is 0 Å². The Morgan fingerprint density at radius 3 is 2.39 bits per heavy atom. The Morgan fingerprint density at radius 2 is 1.74 bits per heavy atom. The number of aromatic nitrogens is 2. The first kappa shape index (κ1) is 15.3. The minimum absolute atomic E-state index is 0.473. The summed E-state index contributed by atoms with van der Waals surface area (Å²) >= 11 is 0. The van der Waals surface area contributed by atoms with Gasteiger partial charge in [-0.15, -0.1) is 0 Å². The number of nitrogens with zero attached hydrogens (tertiary/aromatic N) is 3. The molecular weight excluding hydrogens is 282 g/mol. The highest BCUT2D eigenvalue weighted by Crippen LogP contribution is 2.27. The Kier molecular flexibility index (Phi) is 4.43. The van der Waals surface area contributed by atoms with Crippen LogP contribution in [0.1, 0.15) is 49.6 Å². The molecule has 0 bridgehead atoms. The predicted molar refractivity (Wildman–Crippen MR) is 93.3 cm³/mol. The van der Waals surface area contributed by atoms with E-state index in [1.54, 1.807) is 0 Å². The van der Waals surface area contributed by atoms with E-state index in [4.69, 9.17) is 10.2 Å². The Bertz CT molecular complexity index is 833. The molecule has 0 radical (unpaired) electrons. The number of hydrogen-bond donors (Lipinski definition) is 0. The molecule has 1 heterocycles. The summed E-state index contributed by atoms with van der Waals surface area (Å²) in [5, 5.41) is 8.94. The highest BCUT2D eigenvalue weighted by molar-refractivity contribution is 5.76. The zero-order valence-corrected chi connectivity index (χ0v) is 13.7. The van der Waals surface area contributed by atoms with Gasteiger partial charge in [-0.3, -0.25) is 0 Å². The third kappa shape index (κ3) is 2.98. The lowest BCUT2D eigenvalue weighted by Crippen LogP contribution is -2.09. The first-order chi connectivity index (χ1) is 11.3. The Morgan fingerprint density at radius 1 is 1.04 bits per heavy atom. The van der Waals surface area contributed by atoms with Crippen molar-refractivity contribution in [1.82, 2.24) is 9.55 Å². The van der Waals surface area contributed by atoms with E-state index < -0.39 is 0 Å². The molecule has 3 nitrogen and oxygen atoms in total. The van der Waals surface area contributed by atoms with E-state index in [2.05, 4.69) is 42.7 Å². The lowest BCUT2D eigenvalue weighted by atomic mass is 10.0. The van der Waals surface area contributed by atoms with Gasteiger partial charge < -0.3 is 4.57 Å². The molecule has 23 heavy (non-hydrogen) atoms. The summed E-state index contributed by atoms with van der Waals surface area (Å²) in [6.45, 7) is 5.23. The van der Waals surface area contributed by atoms with Crippen LogP contribution in [0, 0.1) is 11.3 Å². The fourth-order valence-corrected chi connectivity index (χ4v) is 3.09. The first-order valence-electron chi connectivity index (χ1n) is 8.21. The van der Waals surface area contributed by atoms with Gasteiger partial charge in [-0.1, -0.05) is 38.1 Å². The van der Waals surface area contributed by atoms with Gasteiger partial charge in [0.1, 0.15) is 5.82 Å². The fourth-order valence-electron chi connectivity index (χ4n) is 3.09. The molecule has 3 rings (SSSR count). The van der Waals surface area contributed by atoms with Crippen LogP contribution in [0.3, 0.4) is 0 Å². The van der Waals surface area contributed by atoms with Gasteiger partial charge in [0.2, 0.25) is 0 Å². The number of benzene rings is 2. The van der Waals surface area contributed by atoms with Crippen molar-refractivity contribution in [1.29, 1.82) is 5.26 Å². The summed E-state index contributed by atoms with van der Waals surface area (Å²) in [4.78, 5) is 4.90. The van der Waals surface area contributed by atoms with E-state index in [9.17, 15) is 0 Å². The van der Waals surface area contributed by atoms with Crippen LogP contribution in [0.2, 0.25) is 0 Å². The van der Waals surface area contributed by atoms with Crippen molar-refractivity contribution < 1.29 is 0 Å². The zero-order chi connectivity index (χ0) is 16.2. The molecule has 1 aromatic heterocycles. The Labute approximate surface area is 137 Å². The molecule has 2 aromatic carbocycles. The topological polar surface area (TPSA) is 41.6 Å². The maximum Gasteiger partial charge on any atom is 0.113 e. The molecule has 0 unspecified atom stereocenters. The van der Waals surface area contributed by atoms with Crippen LogP contribution in [0.5, 0.6) is 0 Å². The molecule has 0 spiro atoms. The quantitative estimate of drug-likeness (QED) is 0.675. The van der Waals surface area contributed by atoms with Crippen molar-refractivity contribution in [2.75, 3.05) is 0 Å². The summed E-state index contributed by atoms with van der Waals surface area (Å²) in [6.07, 6.45) is 2.18. The monoisotopic (exact) mass is 303 g/mol. The normalized spacial score (nSPS) is 11.0. The maximum atomic E-state index is 8.94. The number of hydrogen-bond acceptors (Lipinski definition) is 2. The third-order valence-corrected chi connectivity index (χ3v) is 4.46. The number of fused-ring (bicyclic) bond motifs is 1. The molecule has 116 valence electrons. The van der Waals surface area contributed by atoms with Gasteiger partial charge in [-0.2, -0.15) is 5.26 Å². The second-order valence-electron chi connectivity index (χ2n) is 5.87. The van der Waals surface area contributed by atoms with Gasteiger partial charge in [0.15, 0.2) is 0 Å². The Hall–Kier alpha value is -2.60. The van der Waals surface area contributed by atoms with Crippen molar-refractivity contribution in [2.45, 2.75) is 39.2 Å². The van der Waals surface area contributed by atoms with Crippen molar-refractivity contribution in [3.8, 4) is 6.07 Å². The van der Waals surface area contributed by atoms with Crippen molar-refractivity contribution in [2.24, 2.45) is 0 Å². The van der Waals surface area contributed by atoms with Crippen LogP contribution in [-0.4, -0.2) is 9.55 Å².